The molecule has 0 aliphatic heterocycles. The van der Waals surface area contributed by atoms with Crippen LogP contribution in [0, 0.1) is 11.6 Å². The van der Waals surface area contributed by atoms with Crippen LogP contribution in [0.3, 0.4) is 0 Å². The van der Waals surface area contributed by atoms with Crippen molar-refractivity contribution < 1.29 is 13.6 Å². The average Bonchev–Trinajstić information content (AvgIpc) is 3.53. The zero-order valence-electron chi connectivity index (χ0n) is 20.8. The van der Waals surface area contributed by atoms with E-state index in [9.17, 15) is 13.6 Å². The molecular formula is C28H23B2F2N5O. The van der Waals surface area contributed by atoms with Crippen molar-refractivity contribution in [2.45, 2.75) is 24.7 Å². The molecule has 0 aliphatic carbocycles. The normalized spacial score (nSPS) is 11.7. The monoisotopic (exact) mass is 505 g/mol. The number of benzene rings is 2. The maximum atomic E-state index is 14.1. The molecule has 0 saturated carbocycles. The predicted octanol–water partition coefficient (Wildman–Crippen LogP) is 4.69. The number of carbonyl (C=O) groups is 1. The lowest BCUT2D eigenvalue weighted by atomic mass is 9.58. The zero-order chi connectivity index (χ0) is 26.9. The maximum Gasteiger partial charge on any atom is 0.272 e. The van der Waals surface area contributed by atoms with Gasteiger partial charge in [0, 0.05) is 37.1 Å². The number of hydrogen-bond donors (Lipinski definition) is 0. The van der Waals surface area contributed by atoms with Crippen LogP contribution in [0.5, 0.6) is 0 Å². The molecule has 0 spiro atoms. The first kappa shape index (κ1) is 25.4. The highest BCUT2D eigenvalue weighted by Crippen LogP contribution is 2.28. The van der Waals surface area contributed by atoms with Gasteiger partial charge in [-0.1, -0.05) is 30.3 Å². The lowest BCUT2D eigenvalue weighted by molar-refractivity contribution is 0.0739. The first-order valence-electron chi connectivity index (χ1n) is 12.1. The van der Waals surface area contributed by atoms with Crippen molar-refractivity contribution in [1.29, 1.82) is 0 Å². The topological polar surface area (TPSA) is 55.4 Å². The molecule has 0 fully saturated rings. The van der Waals surface area contributed by atoms with Crippen LogP contribution < -0.4 is 0 Å². The Bertz CT molecular complexity index is 1580. The molecule has 0 aliphatic rings. The molecule has 0 atom stereocenters. The van der Waals surface area contributed by atoms with Gasteiger partial charge in [0.1, 0.15) is 28.7 Å². The highest BCUT2D eigenvalue weighted by Gasteiger charge is 2.31. The first-order valence-corrected chi connectivity index (χ1v) is 12.1. The van der Waals surface area contributed by atoms with Crippen molar-refractivity contribution in [2.75, 3.05) is 7.05 Å². The maximum absolute atomic E-state index is 14.1. The number of pyridine rings is 1. The van der Waals surface area contributed by atoms with Crippen LogP contribution in [0.2, 0.25) is 0 Å². The fraction of sp³-hybridized carbons (Fsp3) is 0.179. The number of aromatic nitrogens is 4. The number of carbonyl (C=O) groups excluding carboxylic acids is 1. The van der Waals surface area contributed by atoms with Crippen molar-refractivity contribution in [3.8, 4) is 22.5 Å². The van der Waals surface area contributed by atoms with Gasteiger partial charge < -0.3 is 4.90 Å². The third kappa shape index (κ3) is 5.11. The van der Waals surface area contributed by atoms with Gasteiger partial charge >= 0.3 is 0 Å². The van der Waals surface area contributed by atoms with E-state index in [-0.39, 0.29) is 17.9 Å². The summed E-state index contributed by atoms with van der Waals surface area (Å²) in [5.74, 6) is -1.29. The largest absolute Gasteiger partial charge is 0.352 e. The molecule has 0 bridgehead atoms. The van der Waals surface area contributed by atoms with Crippen LogP contribution in [0.15, 0.2) is 85.2 Å². The summed E-state index contributed by atoms with van der Waals surface area (Å²) in [6.45, 7) is 0.509. The summed E-state index contributed by atoms with van der Waals surface area (Å²) in [7, 11) is 14.4. The summed E-state index contributed by atoms with van der Waals surface area (Å²) in [6, 6.07) is 20.0. The van der Waals surface area contributed by atoms with E-state index < -0.39 is 17.1 Å². The van der Waals surface area contributed by atoms with Gasteiger partial charge in [0.15, 0.2) is 0 Å². The summed E-state index contributed by atoms with van der Waals surface area (Å²) in [5, 5.41) is 3.03. The van der Waals surface area contributed by atoms with E-state index >= 15 is 0 Å². The van der Waals surface area contributed by atoms with Gasteiger partial charge in [-0.3, -0.25) is 13.9 Å². The van der Waals surface area contributed by atoms with E-state index in [0.717, 1.165) is 11.3 Å². The number of rotatable bonds is 8. The van der Waals surface area contributed by atoms with Gasteiger partial charge in [-0.05, 0) is 60.6 Å². The van der Waals surface area contributed by atoms with E-state index in [1.54, 1.807) is 16.8 Å². The lowest BCUT2D eigenvalue weighted by Crippen LogP contribution is -2.51. The molecule has 3 heterocycles. The Kier molecular flexibility index (Phi) is 6.89. The van der Waals surface area contributed by atoms with Crippen molar-refractivity contribution in [1.82, 2.24) is 24.1 Å². The number of imidazole rings is 1. The zero-order valence-corrected chi connectivity index (χ0v) is 20.8. The number of fused-ring (bicyclic) bond motifs is 1. The van der Waals surface area contributed by atoms with E-state index in [0.29, 0.717) is 29.9 Å². The van der Waals surface area contributed by atoms with Gasteiger partial charge in [0.2, 0.25) is 0 Å². The van der Waals surface area contributed by atoms with E-state index in [1.165, 1.54) is 46.8 Å². The van der Waals surface area contributed by atoms with Gasteiger partial charge in [-0.15, -0.1) is 0 Å². The van der Waals surface area contributed by atoms with Crippen LogP contribution in [0.4, 0.5) is 8.78 Å². The highest BCUT2D eigenvalue weighted by atomic mass is 19.1. The van der Waals surface area contributed by atoms with Crippen LogP contribution in [0.1, 0.15) is 23.3 Å². The van der Waals surface area contributed by atoms with Gasteiger partial charge in [0.05, 0.1) is 21.4 Å². The second-order valence-electron chi connectivity index (χ2n) is 9.18. The summed E-state index contributed by atoms with van der Waals surface area (Å²) >= 11 is 0. The number of halogens is 2. The van der Waals surface area contributed by atoms with Crippen LogP contribution in [-0.4, -0.2) is 58.1 Å². The van der Waals surface area contributed by atoms with E-state index in [4.69, 9.17) is 15.7 Å². The Morgan fingerprint density at radius 3 is 2.39 bits per heavy atom. The smallest absolute Gasteiger partial charge is 0.272 e. The van der Waals surface area contributed by atoms with Crippen molar-refractivity contribution in [3.63, 3.8) is 0 Å². The number of nitrogens with zero attached hydrogens (tertiary/aromatic N) is 5. The molecule has 4 radical (unpaired) electrons. The van der Waals surface area contributed by atoms with E-state index in [1.807, 2.05) is 42.6 Å². The SMILES string of the molecule is [B]C([B])(CCCn1ccc(-c2ccc(F)cc2)n1)N(C)C(=O)c1c(-c2ccccc2)nc2ccc(F)cn12. The second-order valence-corrected chi connectivity index (χ2v) is 9.18. The van der Waals surface area contributed by atoms with Crippen LogP contribution in [-0.2, 0) is 6.54 Å². The number of aryl methyl sites for hydroxylation is 1. The summed E-state index contributed by atoms with van der Waals surface area (Å²) in [5.41, 5.74) is 3.25. The molecule has 5 rings (SSSR count). The minimum atomic E-state index is -1.49. The molecule has 3 aromatic heterocycles. The molecule has 1 amide bonds. The Labute approximate surface area is 221 Å². The van der Waals surface area contributed by atoms with Crippen LogP contribution in [0.25, 0.3) is 28.2 Å². The first-order chi connectivity index (χ1) is 18.2. The molecular weight excluding hydrogens is 482 g/mol. The molecule has 186 valence electrons. The standard InChI is InChI=1S/C28H23B2F2N5O/c1-35(28(29,30)15-5-16-36-17-14-23(34-36)19-8-10-21(31)11-9-19)27(38)26-25(20-6-3-2-4-7-20)33-24-13-12-22(32)18-37(24)26/h2-4,6-14,17-18H,5,15-16H2,1H3. The predicted molar refractivity (Wildman–Crippen MR) is 144 cm³/mol. The second kappa shape index (κ2) is 10.3. The summed E-state index contributed by atoms with van der Waals surface area (Å²) in [6.07, 6.45) is 3.84. The third-order valence-electron chi connectivity index (χ3n) is 6.51. The van der Waals surface area contributed by atoms with Crippen LogP contribution >= 0.6 is 0 Å². The van der Waals surface area contributed by atoms with E-state index in [2.05, 4.69) is 10.1 Å². The molecule has 6 nitrogen and oxygen atoms in total. The highest BCUT2D eigenvalue weighted by molar-refractivity contribution is 6.41. The number of hydrogen-bond acceptors (Lipinski definition) is 3. The molecule has 0 N–H and O–H groups in total. The molecule has 38 heavy (non-hydrogen) atoms. The van der Waals surface area contributed by atoms with Crippen molar-refractivity contribution in [2.24, 2.45) is 0 Å². The minimum absolute atomic E-state index is 0.171. The Hall–Kier alpha value is -4.20. The van der Waals surface area contributed by atoms with Gasteiger partial charge in [-0.2, -0.15) is 5.10 Å². The molecule has 2 aromatic carbocycles. The van der Waals surface area contributed by atoms with Gasteiger partial charge in [-0.25, -0.2) is 13.8 Å². The Morgan fingerprint density at radius 2 is 1.66 bits per heavy atom. The quantitative estimate of drug-likeness (QED) is 0.288. The number of amides is 1. The third-order valence-corrected chi connectivity index (χ3v) is 6.51. The molecule has 10 heteroatoms. The summed E-state index contributed by atoms with van der Waals surface area (Å²) < 4.78 is 30.5. The molecule has 0 saturated heterocycles. The molecule has 0 unspecified atom stereocenters. The minimum Gasteiger partial charge on any atom is -0.352 e. The molecule has 5 aromatic rings. The Morgan fingerprint density at radius 1 is 0.947 bits per heavy atom. The van der Waals surface area contributed by atoms with Gasteiger partial charge in [0.25, 0.3) is 5.91 Å². The van der Waals surface area contributed by atoms with Crippen molar-refractivity contribution in [3.05, 3.63) is 103 Å². The van der Waals surface area contributed by atoms with Crippen molar-refractivity contribution >= 4 is 27.2 Å². The Balaban J connectivity index is 1.33. The summed E-state index contributed by atoms with van der Waals surface area (Å²) in [4.78, 5) is 19.6. The fourth-order valence-corrected chi connectivity index (χ4v) is 4.32. The fourth-order valence-electron chi connectivity index (χ4n) is 4.32. The lowest BCUT2D eigenvalue weighted by Gasteiger charge is -2.37. The average molecular weight is 505 g/mol.